The number of hydrogen-bond acceptors (Lipinski definition) is 5. The van der Waals surface area contributed by atoms with Gasteiger partial charge in [0.05, 0.1) is 24.5 Å². The van der Waals surface area contributed by atoms with E-state index in [-0.39, 0.29) is 24.5 Å². The van der Waals surface area contributed by atoms with Crippen LogP contribution in [0.2, 0.25) is 0 Å². The number of rotatable bonds is 4. The second-order valence-electron chi connectivity index (χ2n) is 7.90. The van der Waals surface area contributed by atoms with Gasteiger partial charge in [-0.3, -0.25) is 9.59 Å². The van der Waals surface area contributed by atoms with Crippen LogP contribution in [0, 0.1) is 11.8 Å². The molecule has 4 heterocycles. The van der Waals surface area contributed by atoms with Crippen molar-refractivity contribution in [3.8, 4) is 0 Å². The van der Waals surface area contributed by atoms with E-state index in [0.29, 0.717) is 13.0 Å². The molecule has 1 spiro atoms. The summed E-state index contributed by atoms with van der Waals surface area (Å²) in [4.78, 5) is 30.3. The first kappa shape index (κ1) is 18.2. The molecule has 0 radical (unpaired) electrons. The lowest BCUT2D eigenvalue weighted by Gasteiger charge is -2.32. The fourth-order valence-electron chi connectivity index (χ4n) is 4.96. The van der Waals surface area contributed by atoms with E-state index in [1.165, 1.54) is 0 Å². The van der Waals surface area contributed by atoms with Crippen molar-refractivity contribution in [2.24, 2.45) is 11.8 Å². The maximum absolute atomic E-state index is 13.4. The largest absolute Gasteiger partial charge is 0.396 e. The number of hydrogen-bond donors (Lipinski definition) is 1. The molecule has 4 aliphatic rings. The third-order valence-electron chi connectivity index (χ3n) is 6.36. The number of thioether (sulfide) groups is 1. The van der Waals surface area contributed by atoms with Crippen LogP contribution in [0.1, 0.15) is 5.56 Å². The van der Waals surface area contributed by atoms with Gasteiger partial charge in [-0.25, -0.2) is 0 Å². The summed E-state index contributed by atoms with van der Waals surface area (Å²) >= 11 is 1.86. The fraction of sp³-hybridized carbons (Fsp3) is 0.524. The zero-order chi connectivity index (χ0) is 19.3. The Morgan fingerprint density at radius 1 is 1.25 bits per heavy atom. The van der Waals surface area contributed by atoms with E-state index >= 15 is 0 Å². The molecule has 1 N–H and O–H groups in total. The zero-order valence-corrected chi connectivity index (χ0v) is 16.4. The number of carbonyl (C=O) groups excluding carboxylic acids is 2. The maximum Gasteiger partial charge on any atom is 0.234 e. The van der Waals surface area contributed by atoms with Crippen molar-refractivity contribution in [1.29, 1.82) is 0 Å². The lowest BCUT2D eigenvalue weighted by Crippen LogP contribution is -2.48. The van der Waals surface area contributed by atoms with E-state index in [2.05, 4.69) is 0 Å². The normalized spacial score (nSPS) is 33.6. The minimum atomic E-state index is -0.684. The van der Waals surface area contributed by atoms with Crippen molar-refractivity contribution in [3.05, 3.63) is 42.0 Å². The fourth-order valence-corrected chi connectivity index (χ4v) is 5.87. The Bertz CT molecular complexity index is 820. The highest BCUT2D eigenvalue weighted by atomic mass is 32.2. The van der Waals surface area contributed by atoms with Crippen LogP contribution in [0.5, 0.6) is 0 Å². The van der Waals surface area contributed by atoms with Crippen molar-refractivity contribution in [1.82, 2.24) is 4.90 Å². The first-order chi connectivity index (χ1) is 13.6. The molecular formula is C21H24N2O4S. The minimum absolute atomic E-state index is 0.0218. The first-order valence-electron chi connectivity index (χ1n) is 9.88. The molecule has 1 aromatic rings. The Balaban J connectivity index is 1.41. The number of ether oxygens (including phenoxy) is 1. The van der Waals surface area contributed by atoms with Gasteiger partial charge in [-0.2, -0.15) is 11.8 Å². The Hall–Kier alpha value is -1.83. The number of nitrogens with zero attached hydrogens (tertiary/aromatic N) is 2. The van der Waals surface area contributed by atoms with E-state index < -0.39 is 17.4 Å². The summed E-state index contributed by atoms with van der Waals surface area (Å²) in [7, 11) is 0. The van der Waals surface area contributed by atoms with Crippen LogP contribution in [0.3, 0.4) is 0 Å². The summed E-state index contributed by atoms with van der Waals surface area (Å²) in [6, 6.07) is 7.70. The molecule has 3 fully saturated rings. The molecule has 2 amide bonds. The number of aliphatic hydroxyl groups is 1. The number of amides is 2. The summed E-state index contributed by atoms with van der Waals surface area (Å²) in [6.45, 7) is 2.05. The van der Waals surface area contributed by atoms with Crippen molar-refractivity contribution >= 4 is 29.3 Å². The number of fused-ring (bicyclic) bond motifs is 1. The number of carbonyl (C=O) groups is 2. The first-order valence-corrected chi connectivity index (χ1v) is 11.0. The lowest BCUT2D eigenvalue weighted by molar-refractivity contribution is -0.140. The molecule has 0 unspecified atom stereocenters. The van der Waals surface area contributed by atoms with Crippen molar-refractivity contribution in [3.63, 3.8) is 0 Å². The molecule has 28 heavy (non-hydrogen) atoms. The van der Waals surface area contributed by atoms with Gasteiger partial charge in [0.1, 0.15) is 5.60 Å². The third kappa shape index (κ3) is 2.71. The molecule has 0 aliphatic carbocycles. The summed E-state index contributed by atoms with van der Waals surface area (Å²) in [5, 5.41) is 9.08. The van der Waals surface area contributed by atoms with Gasteiger partial charge in [-0.05, 0) is 24.1 Å². The number of anilines is 1. The van der Waals surface area contributed by atoms with Crippen molar-refractivity contribution in [2.75, 3.05) is 42.6 Å². The minimum Gasteiger partial charge on any atom is -0.396 e. The third-order valence-corrected chi connectivity index (χ3v) is 7.30. The van der Waals surface area contributed by atoms with Gasteiger partial charge >= 0.3 is 0 Å². The topological polar surface area (TPSA) is 70.1 Å². The van der Waals surface area contributed by atoms with Crippen LogP contribution in [0.25, 0.3) is 0 Å². The maximum atomic E-state index is 13.4. The SMILES string of the molecule is O=C([C@@H]1[C@@H]2C=C[C@@]3(CN(c4ccc(CCO)cc4)C(=O)[C@@H]13)O2)N1CCSCC1. The quantitative estimate of drug-likeness (QED) is 0.766. The van der Waals surface area contributed by atoms with Gasteiger partial charge in [0.25, 0.3) is 0 Å². The molecule has 1 aromatic carbocycles. The molecule has 148 valence electrons. The zero-order valence-electron chi connectivity index (χ0n) is 15.6. The Morgan fingerprint density at radius 3 is 2.71 bits per heavy atom. The predicted octanol–water partition coefficient (Wildman–Crippen LogP) is 1.08. The Morgan fingerprint density at radius 2 is 2.00 bits per heavy atom. The molecule has 0 aromatic heterocycles. The molecule has 6 nitrogen and oxygen atoms in total. The molecule has 7 heteroatoms. The molecule has 0 saturated carbocycles. The van der Waals surface area contributed by atoms with Crippen LogP contribution in [0.4, 0.5) is 5.69 Å². The number of aliphatic hydroxyl groups excluding tert-OH is 1. The van der Waals surface area contributed by atoms with Crippen LogP contribution < -0.4 is 4.90 Å². The van der Waals surface area contributed by atoms with Gasteiger partial charge < -0.3 is 19.6 Å². The summed E-state index contributed by atoms with van der Waals surface area (Å²) in [6.07, 6.45) is 4.28. The van der Waals surface area contributed by atoms with E-state index in [1.807, 2.05) is 53.1 Å². The molecule has 4 aliphatic heterocycles. The predicted molar refractivity (Wildman–Crippen MR) is 107 cm³/mol. The molecule has 3 saturated heterocycles. The lowest BCUT2D eigenvalue weighted by atomic mass is 9.76. The van der Waals surface area contributed by atoms with Crippen LogP contribution in [0.15, 0.2) is 36.4 Å². The standard InChI is InChI=1S/C21H24N2O4S/c24-10-6-14-1-3-15(4-2-14)23-13-21-7-5-16(27-21)17(18(21)20(23)26)19(25)22-8-11-28-12-9-22/h1-5,7,16-18,24H,6,8-13H2/t16-,17+,18+,21-/m0/s1. The second-order valence-corrected chi connectivity index (χ2v) is 9.13. The van der Waals surface area contributed by atoms with Crippen molar-refractivity contribution < 1.29 is 19.4 Å². The summed E-state index contributed by atoms with van der Waals surface area (Å²) in [5.41, 5.74) is 1.16. The highest BCUT2D eigenvalue weighted by Crippen LogP contribution is 2.53. The van der Waals surface area contributed by atoms with Crippen molar-refractivity contribution in [2.45, 2.75) is 18.1 Å². The average Bonchev–Trinajstić information content (AvgIpc) is 3.37. The van der Waals surface area contributed by atoms with Crippen LogP contribution in [-0.4, -0.2) is 71.3 Å². The Labute approximate surface area is 168 Å². The molecule has 2 bridgehead atoms. The molecular weight excluding hydrogens is 376 g/mol. The van der Waals surface area contributed by atoms with E-state index in [4.69, 9.17) is 9.84 Å². The van der Waals surface area contributed by atoms with Gasteiger partial charge in [0, 0.05) is 36.9 Å². The van der Waals surface area contributed by atoms with E-state index in [0.717, 1.165) is 35.8 Å². The van der Waals surface area contributed by atoms with Gasteiger partial charge in [0.2, 0.25) is 11.8 Å². The smallest absolute Gasteiger partial charge is 0.234 e. The average molecular weight is 401 g/mol. The molecule has 5 rings (SSSR count). The van der Waals surface area contributed by atoms with Gasteiger partial charge in [-0.15, -0.1) is 0 Å². The van der Waals surface area contributed by atoms with Gasteiger partial charge in [-0.1, -0.05) is 24.3 Å². The highest BCUT2D eigenvalue weighted by molar-refractivity contribution is 7.99. The Kier molecular flexibility index (Phi) is 4.49. The van der Waals surface area contributed by atoms with E-state index in [1.54, 1.807) is 4.90 Å². The van der Waals surface area contributed by atoms with Gasteiger partial charge in [0.15, 0.2) is 0 Å². The monoisotopic (exact) mass is 400 g/mol. The van der Waals surface area contributed by atoms with E-state index in [9.17, 15) is 9.59 Å². The van der Waals surface area contributed by atoms with Crippen LogP contribution >= 0.6 is 11.8 Å². The number of benzene rings is 1. The summed E-state index contributed by atoms with van der Waals surface area (Å²) in [5.74, 6) is 1.09. The van der Waals surface area contributed by atoms with Crippen LogP contribution in [-0.2, 0) is 20.7 Å². The second kappa shape index (κ2) is 6.90. The highest BCUT2D eigenvalue weighted by Gasteiger charge is 2.67. The molecule has 4 atom stereocenters. The summed E-state index contributed by atoms with van der Waals surface area (Å²) < 4.78 is 6.23.